The van der Waals surface area contributed by atoms with E-state index in [1.807, 2.05) is 37.4 Å². The third-order valence-electron chi connectivity index (χ3n) is 2.39. The maximum Gasteiger partial charge on any atom is 0.176 e. The molecule has 0 aliphatic heterocycles. The summed E-state index contributed by atoms with van der Waals surface area (Å²) in [5.74, 6) is 0.618. The number of nitrogens with zero attached hydrogens (tertiary/aromatic N) is 2. The normalized spacial score (nSPS) is 11.2. The van der Waals surface area contributed by atoms with Crippen molar-refractivity contribution in [2.24, 2.45) is 5.16 Å². The van der Waals surface area contributed by atoms with Gasteiger partial charge < -0.3 is 9.73 Å². The molecule has 1 heterocycles. The van der Waals surface area contributed by atoms with Crippen LogP contribution in [0.4, 0.5) is 0 Å². The van der Waals surface area contributed by atoms with E-state index in [1.54, 1.807) is 0 Å². The number of rotatable bonds is 3. The van der Waals surface area contributed by atoms with E-state index in [2.05, 4.69) is 10.3 Å². The lowest BCUT2D eigenvalue weighted by molar-refractivity contribution is 0.321. The third kappa shape index (κ3) is 2.34. The zero-order chi connectivity index (χ0) is 12.3. The van der Waals surface area contributed by atoms with Crippen molar-refractivity contribution in [2.45, 2.75) is 11.9 Å². The summed E-state index contributed by atoms with van der Waals surface area (Å²) in [6.07, 6.45) is 3.24. The molecule has 5 heteroatoms. The van der Waals surface area contributed by atoms with E-state index in [0.717, 1.165) is 5.56 Å². The molecular formula is C12H12N2O2S. The van der Waals surface area contributed by atoms with Crippen LogP contribution in [0.15, 0.2) is 39.0 Å². The van der Waals surface area contributed by atoms with Crippen LogP contribution in [0.3, 0.4) is 0 Å². The highest BCUT2D eigenvalue weighted by atomic mass is 32.2. The fraction of sp³-hybridized carbons (Fsp3) is 0.167. The van der Waals surface area contributed by atoms with Gasteiger partial charge in [0.1, 0.15) is 5.03 Å². The highest BCUT2D eigenvalue weighted by molar-refractivity contribution is 7.98. The Morgan fingerprint density at radius 3 is 2.65 bits per heavy atom. The highest BCUT2D eigenvalue weighted by Gasteiger charge is 2.15. The average Bonchev–Trinajstić information content (AvgIpc) is 2.74. The van der Waals surface area contributed by atoms with Gasteiger partial charge in [0.05, 0.1) is 11.8 Å². The Labute approximate surface area is 103 Å². The molecule has 0 amide bonds. The molecule has 0 bridgehead atoms. The minimum atomic E-state index is 0.618. The molecule has 2 rings (SSSR count). The van der Waals surface area contributed by atoms with Crippen LogP contribution in [0.25, 0.3) is 11.3 Å². The first-order valence-corrected chi connectivity index (χ1v) is 6.27. The van der Waals surface area contributed by atoms with Crippen molar-refractivity contribution < 1.29 is 9.73 Å². The molecule has 0 unspecified atom stereocenters. The van der Waals surface area contributed by atoms with E-state index in [0.29, 0.717) is 16.3 Å². The number of benzene rings is 1. The first-order valence-electron chi connectivity index (χ1n) is 5.04. The van der Waals surface area contributed by atoms with Crippen molar-refractivity contribution in [1.82, 2.24) is 5.16 Å². The number of hydrogen-bond acceptors (Lipinski definition) is 5. The average molecular weight is 248 g/mol. The van der Waals surface area contributed by atoms with Crippen LogP contribution in [-0.4, -0.2) is 22.8 Å². The molecule has 1 aromatic carbocycles. The first kappa shape index (κ1) is 11.7. The summed E-state index contributed by atoms with van der Waals surface area (Å²) in [5.41, 5.74) is 2.79. The first-order chi connectivity index (χ1) is 8.26. The molecule has 0 fully saturated rings. The van der Waals surface area contributed by atoms with Gasteiger partial charge in [-0.15, -0.1) is 11.8 Å². The van der Waals surface area contributed by atoms with Crippen molar-refractivity contribution in [3.63, 3.8) is 0 Å². The molecule has 1 N–H and O–H groups in total. The summed E-state index contributed by atoms with van der Waals surface area (Å²) in [6, 6.07) is 7.90. The molecule has 1 aromatic heterocycles. The summed E-state index contributed by atoms with van der Waals surface area (Å²) < 4.78 is 5.29. The van der Waals surface area contributed by atoms with Gasteiger partial charge in [0, 0.05) is 5.56 Å². The summed E-state index contributed by atoms with van der Waals surface area (Å²) in [6.45, 7) is 2.02. The quantitative estimate of drug-likeness (QED) is 0.392. The van der Waals surface area contributed by atoms with E-state index in [9.17, 15) is 0 Å². The summed E-state index contributed by atoms with van der Waals surface area (Å²) in [7, 11) is 0. The van der Waals surface area contributed by atoms with Crippen LogP contribution in [0.1, 0.15) is 11.1 Å². The zero-order valence-electron chi connectivity index (χ0n) is 9.54. The minimum absolute atomic E-state index is 0.618. The molecule has 88 valence electrons. The Balaban J connectivity index is 2.51. The van der Waals surface area contributed by atoms with Crippen LogP contribution < -0.4 is 0 Å². The molecule has 0 saturated carbocycles. The van der Waals surface area contributed by atoms with Crippen molar-refractivity contribution >= 4 is 18.0 Å². The lowest BCUT2D eigenvalue weighted by atomic mass is 10.1. The van der Waals surface area contributed by atoms with E-state index in [1.165, 1.54) is 23.5 Å². The van der Waals surface area contributed by atoms with Gasteiger partial charge in [0.2, 0.25) is 0 Å². The van der Waals surface area contributed by atoms with Gasteiger partial charge >= 0.3 is 0 Å². The van der Waals surface area contributed by atoms with Crippen LogP contribution in [0.5, 0.6) is 0 Å². The minimum Gasteiger partial charge on any atom is -0.411 e. The zero-order valence-corrected chi connectivity index (χ0v) is 10.4. The molecule has 4 nitrogen and oxygen atoms in total. The van der Waals surface area contributed by atoms with Gasteiger partial charge in [-0.3, -0.25) is 0 Å². The fourth-order valence-corrected chi connectivity index (χ4v) is 1.99. The Morgan fingerprint density at radius 1 is 1.35 bits per heavy atom. The van der Waals surface area contributed by atoms with Crippen LogP contribution in [0, 0.1) is 6.92 Å². The second-order valence-electron chi connectivity index (χ2n) is 3.55. The number of aryl methyl sites for hydroxylation is 1. The maximum absolute atomic E-state index is 8.66. The van der Waals surface area contributed by atoms with E-state index < -0.39 is 0 Å². The van der Waals surface area contributed by atoms with Crippen LogP contribution >= 0.6 is 11.8 Å². The van der Waals surface area contributed by atoms with E-state index in [4.69, 9.17) is 9.73 Å². The van der Waals surface area contributed by atoms with Gasteiger partial charge in [0.25, 0.3) is 0 Å². The Bertz CT molecular complexity index is 532. The van der Waals surface area contributed by atoms with Gasteiger partial charge in [-0.1, -0.05) is 40.1 Å². The highest BCUT2D eigenvalue weighted by Crippen LogP contribution is 2.29. The van der Waals surface area contributed by atoms with Crippen LogP contribution in [0.2, 0.25) is 0 Å². The molecule has 0 atom stereocenters. The number of hydrogen-bond donors (Lipinski definition) is 1. The van der Waals surface area contributed by atoms with Crippen molar-refractivity contribution in [1.29, 1.82) is 0 Å². The smallest absolute Gasteiger partial charge is 0.176 e. The Hall–Kier alpha value is -1.75. The molecule has 0 spiro atoms. The summed E-state index contributed by atoms with van der Waals surface area (Å²) >= 11 is 1.45. The summed E-state index contributed by atoms with van der Waals surface area (Å²) in [4.78, 5) is 0. The van der Waals surface area contributed by atoms with Crippen molar-refractivity contribution in [2.75, 3.05) is 6.26 Å². The Morgan fingerprint density at radius 2 is 2.06 bits per heavy atom. The molecule has 0 aliphatic rings. The van der Waals surface area contributed by atoms with Gasteiger partial charge in [-0.05, 0) is 13.2 Å². The lowest BCUT2D eigenvalue weighted by Gasteiger charge is -1.98. The predicted molar refractivity (Wildman–Crippen MR) is 67.8 cm³/mol. The largest absolute Gasteiger partial charge is 0.411 e. The van der Waals surface area contributed by atoms with Crippen molar-refractivity contribution in [3.8, 4) is 11.3 Å². The van der Waals surface area contributed by atoms with Gasteiger partial charge in [-0.2, -0.15) is 0 Å². The number of thioether (sulfide) groups is 1. The van der Waals surface area contributed by atoms with Crippen molar-refractivity contribution in [3.05, 3.63) is 35.4 Å². The molecule has 0 saturated heterocycles. The van der Waals surface area contributed by atoms with Crippen LogP contribution in [-0.2, 0) is 0 Å². The molecule has 0 radical (unpaired) electrons. The van der Waals surface area contributed by atoms with Gasteiger partial charge in [-0.25, -0.2) is 0 Å². The third-order valence-corrected chi connectivity index (χ3v) is 3.07. The standard InChI is InChI=1S/C12H12N2O2S/c1-8-3-5-9(6-4-8)11-10(7-13-15)12(17-2)14-16-11/h3-7,15H,1-2H3/b13-7-. The molecular weight excluding hydrogens is 236 g/mol. The van der Waals surface area contributed by atoms with Gasteiger partial charge in [0.15, 0.2) is 5.76 Å². The monoisotopic (exact) mass is 248 g/mol. The number of oxime groups is 1. The molecule has 17 heavy (non-hydrogen) atoms. The summed E-state index contributed by atoms with van der Waals surface area (Å²) in [5, 5.41) is 16.4. The second kappa shape index (κ2) is 5.05. The molecule has 0 aliphatic carbocycles. The fourth-order valence-electron chi connectivity index (χ4n) is 1.51. The van der Waals surface area contributed by atoms with E-state index >= 15 is 0 Å². The van der Waals surface area contributed by atoms with E-state index in [-0.39, 0.29) is 0 Å². The second-order valence-corrected chi connectivity index (χ2v) is 4.34. The SMILES string of the molecule is CSc1noc(-c2ccc(C)cc2)c1/C=N\O. The number of aromatic nitrogens is 1. The predicted octanol–water partition coefficient (Wildman–Crippen LogP) is 3.18. The lowest BCUT2D eigenvalue weighted by Crippen LogP contribution is -1.86. The maximum atomic E-state index is 8.66. The molecule has 2 aromatic rings. The Kier molecular flexibility index (Phi) is 3.49. The topological polar surface area (TPSA) is 58.6 Å².